The predicted octanol–water partition coefficient (Wildman–Crippen LogP) is 2.14. The summed E-state index contributed by atoms with van der Waals surface area (Å²) in [5.74, 6) is 0. The molecule has 98 valence electrons. The van der Waals surface area contributed by atoms with Crippen molar-refractivity contribution >= 4 is 11.4 Å². The minimum Gasteiger partial charge on any atom is -0.399 e. The van der Waals surface area contributed by atoms with Crippen LogP contribution >= 0.6 is 0 Å². The molecule has 0 spiro atoms. The highest BCUT2D eigenvalue weighted by Gasteiger charge is 2.19. The van der Waals surface area contributed by atoms with Crippen molar-refractivity contribution in [2.45, 2.75) is 13.8 Å². The van der Waals surface area contributed by atoms with E-state index in [0.717, 1.165) is 18.8 Å². The zero-order chi connectivity index (χ0) is 13.8. The van der Waals surface area contributed by atoms with Crippen LogP contribution in [0.15, 0.2) is 18.2 Å². The number of hydrogen-bond donors (Lipinski definition) is 2. The van der Waals surface area contributed by atoms with Gasteiger partial charge in [-0.1, -0.05) is 13.8 Å². The molecule has 18 heavy (non-hydrogen) atoms. The van der Waals surface area contributed by atoms with Crippen molar-refractivity contribution in [3.63, 3.8) is 0 Å². The fourth-order valence-electron chi connectivity index (χ4n) is 2.05. The van der Waals surface area contributed by atoms with Crippen LogP contribution in [-0.4, -0.2) is 32.1 Å². The molecule has 0 saturated heterocycles. The summed E-state index contributed by atoms with van der Waals surface area (Å²) in [6.45, 7) is 6.19. The summed E-state index contributed by atoms with van der Waals surface area (Å²) in [6, 6.07) is 7.52. The van der Waals surface area contributed by atoms with Gasteiger partial charge in [0.25, 0.3) is 0 Å². The van der Waals surface area contributed by atoms with Crippen molar-refractivity contribution in [2.75, 3.05) is 38.2 Å². The summed E-state index contributed by atoms with van der Waals surface area (Å²) in [5, 5.41) is 12.4. The number of nitriles is 1. The molecule has 0 aliphatic rings. The van der Waals surface area contributed by atoms with Gasteiger partial charge >= 0.3 is 0 Å². The Labute approximate surface area is 109 Å². The van der Waals surface area contributed by atoms with Crippen LogP contribution in [0.25, 0.3) is 0 Å². The highest BCUT2D eigenvalue weighted by molar-refractivity contribution is 5.62. The van der Waals surface area contributed by atoms with E-state index in [9.17, 15) is 0 Å². The Hall–Kier alpha value is -1.73. The molecule has 0 fully saturated rings. The van der Waals surface area contributed by atoms with Gasteiger partial charge < -0.3 is 16.0 Å². The first-order valence-electron chi connectivity index (χ1n) is 6.02. The summed E-state index contributed by atoms with van der Waals surface area (Å²) in [4.78, 5) is 2.16. The van der Waals surface area contributed by atoms with Crippen LogP contribution in [-0.2, 0) is 0 Å². The molecule has 0 unspecified atom stereocenters. The monoisotopic (exact) mass is 246 g/mol. The second kappa shape index (κ2) is 5.74. The summed E-state index contributed by atoms with van der Waals surface area (Å²) in [6.07, 6.45) is 0. The molecule has 0 aliphatic carbocycles. The van der Waals surface area contributed by atoms with Crippen LogP contribution in [0.1, 0.15) is 19.4 Å². The van der Waals surface area contributed by atoms with Crippen LogP contribution in [0.4, 0.5) is 11.4 Å². The molecule has 1 aromatic carbocycles. The lowest BCUT2D eigenvalue weighted by Gasteiger charge is -2.29. The zero-order valence-electron chi connectivity index (χ0n) is 11.6. The van der Waals surface area contributed by atoms with Crippen molar-refractivity contribution in [3.8, 4) is 6.07 Å². The second-order valence-electron chi connectivity index (χ2n) is 5.67. The van der Waals surface area contributed by atoms with Crippen molar-refractivity contribution in [1.82, 2.24) is 4.90 Å². The topological polar surface area (TPSA) is 65.1 Å². The van der Waals surface area contributed by atoms with E-state index >= 15 is 0 Å². The zero-order valence-corrected chi connectivity index (χ0v) is 11.6. The Bertz CT molecular complexity index is 444. The maximum atomic E-state index is 9.06. The lowest BCUT2D eigenvalue weighted by Crippen LogP contribution is -2.34. The third-order valence-electron chi connectivity index (χ3n) is 2.67. The van der Waals surface area contributed by atoms with Crippen molar-refractivity contribution in [1.29, 1.82) is 5.26 Å². The number of benzene rings is 1. The summed E-state index contributed by atoms with van der Waals surface area (Å²) >= 11 is 0. The maximum Gasteiger partial charge on any atom is 0.101 e. The molecule has 0 aromatic heterocycles. The molecule has 0 atom stereocenters. The molecular formula is C14H22N4. The Morgan fingerprint density at radius 3 is 2.61 bits per heavy atom. The standard InChI is InChI=1S/C14H22N4/c1-14(2,10-18(3)4)9-17-13-6-5-12(16)7-11(13)8-15/h5-7,17H,9-10,16H2,1-4H3. The molecule has 0 radical (unpaired) electrons. The van der Waals surface area contributed by atoms with Gasteiger partial charge in [-0.3, -0.25) is 0 Å². The minimum atomic E-state index is 0.137. The van der Waals surface area contributed by atoms with Crippen molar-refractivity contribution in [3.05, 3.63) is 23.8 Å². The molecule has 4 heteroatoms. The predicted molar refractivity (Wildman–Crippen MR) is 76.4 cm³/mol. The molecule has 0 saturated carbocycles. The number of nitrogens with zero attached hydrogens (tertiary/aromatic N) is 2. The molecule has 0 heterocycles. The largest absolute Gasteiger partial charge is 0.399 e. The molecular weight excluding hydrogens is 224 g/mol. The molecule has 3 N–H and O–H groups in total. The van der Waals surface area contributed by atoms with Crippen LogP contribution in [0.2, 0.25) is 0 Å². The summed E-state index contributed by atoms with van der Waals surface area (Å²) in [7, 11) is 4.12. The van der Waals surface area contributed by atoms with Gasteiger partial charge in [0, 0.05) is 18.8 Å². The van der Waals surface area contributed by atoms with Crippen molar-refractivity contribution < 1.29 is 0 Å². The van der Waals surface area contributed by atoms with Gasteiger partial charge in [-0.05, 0) is 37.7 Å². The fourth-order valence-corrected chi connectivity index (χ4v) is 2.05. The second-order valence-corrected chi connectivity index (χ2v) is 5.67. The molecule has 1 aromatic rings. The number of nitrogens with two attached hydrogens (primary N) is 1. The van der Waals surface area contributed by atoms with E-state index in [1.165, 1.54) is 0 Å². The van der Waals surface area contributed by atoms with Gasteiger partial charge in [-0.2, -0.15) is 5.26 Å². The van der Waals surface area contributed by atoms with Gasteiger partial charge in [0.15, 0.2) is 0 Å². The first-order valence-corrected chi connectivity index (χ1v) is 6.02. The third kappa shape index (κ3) is 4.27. The van der Waals surface area contributed by atoms with Crippen LogP contribution in [0.3, 0.4) is 0 Å². The highest BCUT2D eigenvalue weighted by atomic mass is 15.1. The number of nitrogens with one attached hydrogen (secondary N) is 1. The number of hydrogen-bond acceptors (Lipinski definition) is 4. The Balaban J connectivity index is 2.72. The van der Waals surface area contributed by atoms with Gasteiger partial charge in [0.2, 0.25) is 0 Å². The molecule has 4 nitrogen and oxygen atoms in total. The smallest absolute Gasteiger partial charge is 0.101 e. The van der Waals surface area contributed by atoms with Gasteiger partial charge in [0.05, 0.1) is 11.3 Å². The number of nitrogen functional groups attached to an aromatic ring is 1. The van der Waals surface area contributed by atoms with Crippen LogP contribution < -0.4 is 11.1 Å². The van der Waals surface area contributed by atoms with E-state index in [1.807, 2.05) is 12.1 Å². The Morgan fingerprint density at radius 1 is 1.39 bits per heavy atom. The fraction of sp³-hybridized carbons (Fsp3) is 0.500. The van der Waals surface area contributed by atoms with E-state index in [1.54, 1.807) is 6.07 Å². The lowest BCUT2D eigenvalue weighted by molar-refractivity contribution is 0.254. The maximum absolute atomic E-state index is 9.06. The normalized spacial score (nSPS) is 11.3. The van der Waals surface area contributed by atoms with E-state index in [-0.39, 0.29) is 5.41 Å². The molecule has 0 bridgehead atoms. The summed E-state index contributed by atoms with van der Waals surface area (Å²) < 4.78 is 0. The minimum absolute atomic E-state index is 0.137. The summed E-state index contributed by atoms with van der Waals surface area (Å²) in [5.41, 5.74) is 7.86. The van der Waals surface area contributed by atoms with Gasteiger partial charge in [0.1, 0.15) is 6.07 Å². The average Bonchev–Trinajstić information content (AvgIpc) is 2.25. The van der Waals surface area contributed by atoms with Crippen LogP contribution in [0.5, 0.6) is 0 Å². The van der Waals surface area contributed by atoms with Gasteiger partial charge in [-0.25, -0.2) is 0 Å². The Morgan fingerprint density at radius 2 is 2.06 bits per heavy atom. The van der Waals surface area contributed by atoms with E-state index < -0.39 is 0 Å². The van der Waals surface area contributed by atoms with Gasteiger partial charge in [-0.15, -0.1) is 0 Å². The number of anilines is 2. The highest BCUT2D eigenvalue weighted by Crippen LogP contribution is 2.21. The average molecular weight is 246 g/mol. The molecule has 0 amide bonds. The van der Waals surface area contributed by atoms with E-state index in [2.05, 4.69) is 44.2 Å². The third-order valence-corrected chi connectivity index (χ3v) is 2.67. The van der Waals surface area contributed by atoms with Crippen LogP contribution in [0, 0.1) is 16.7 Å². The van der Waals surface area contributed by atoms with E-state index in [0.29, 0.717) is 11.3 Å². The van der Waals surface area contributed by atoms with E-state index in [4.69, 9.17) is 11.0 Å². The first-order chi connectivity index (χ1) is 8.34. The molecule has 1 rings (SSSR count). The quantitative estimate of drug-likeness (QED) is 0.781. The molecule has 0 aliphatic heterocycles. The number of rotatable bonds is 5. The Kier molecular flexibility index (Phi) is 4.57. The van der Waals surface area contributed by atoms with Crippen molar-refractivity contribution in [2.24, 2.45) is 5.41 Å². The SMILES string of the molecule is CN(C)CC(C)(C)CNc1ccc(N)cc1C#N. The first kappa shape index (κ1) is 14.3. The lowest BCUT2D eigenvalue weighted by atomic mass is 9.92.